The number of pyridine rings is 1. The Kier molecular flexibility index (Phi) is 5.30. The summed E-state index contributed by atoms with van der Waals surface area (Å²) in [6.07, 6.45) is 4.09. The summed E-state index contributed by atoms with van der Waals surface area (Å²) in [5.41, 5.74) is 6.02. The minimum absolute atomic E-state index is 0.496. The van der Waals surface area contributed by atoms with Gasteiger partial charge in [-0.2, -0.15) is 0 Å². The molecule has 7 heteroatoms. The van der Waals surface area contributed by atoms with Crippen LogP contribution in [0.4, 0.5) is 0 Å². The molecule has 0 saturated carbocycles. The van der Waals surface area contributed by atoms with Gasteiger partial charge < -0.3 is 4.42 Å². The fraction of sp³-hybridized carbons (Fsp3) is 0.0938. The molecule has 0 saturated heterocycles. The zero-order chi connectivity index (χ0) is 26.5. The van der Waals surface area contributed by atoms with Crippen LogP contribution in [-0.2, 0) is 14.1 Å². The van der Waals surface area contributed by atoms with Crippen LogP contribution in [-0.4, -0.2) is 24.5 Å². The van der Waals surface area contributed by atoms with Crippen molar-refractivity contribution in [2.45, 2.75) is 6.92 Å². The van der Waals surface area contributed by atoms with E-state index in [4.69, 9.17) is 24.4 Å². The van der Waals surface area contributed by atoms with E-state index in [0.717, 1.165) is 44.4 Å². The summed E-state index contributed by atoms with van der Waals surface area (Å²) < 4.78 is 10.7. The molecule has 188 valence electrons. The summed E-state index contributed by atoms with van der Waals surface area (Å²) in [5.74, 6) is 2.75. The fourth-order valence-electron chi connectivity index (χ4n) is 5.09. The molecule has 7 aromatic rings. The monoisotopic (exact) mass is 509 g/mol. The number of aryl methyl sites for hydroxylation is 3. The summed E-state index contributed by atoms with van der Waals surface area (Å²) in [4.78, 5) is 19.3. The molecule has 7 rings (SSSR count). The normalized spacial score (nSPS) is 11.5. The average molecular weight is 510 g/mol. The Hall–Kier alpha value is -5.17. The maximum absolute atomic E-state index is 6.48. The second-order valence-corrected chi connectivity index (χ2v) is 9.67. The number of hydrogen-bond donors (Lipinski definition) is 0. The van der Waals surface area contributed by atoms with Gasteiger partial charge in [0.05, 0.1) is 14.1 Å². The van der Waals surface area contributed by atoms with E-state index in [1.807, 2.05) is 99.3 Å². The first-order valence-corrected chi connectivity index (χ1v) is 12.8. The summed E-state index contributed by atoms with van der Waals surface area (Å²) in [7, 11) is 4.09. The number of rotatable bonds is 4. The lowest BCUT2D eigenvalue weighted by molar-refractivity contribution is -0.659. The summed E-state index contributed by atoms with van der Waals surface area (Å²) in [6.45, 7) is 2.11. The van der Waals surface area contributed by atoms with Gasteiger partial charge in [0.25, 0.3) is 5.82 Å². The topological polar surface area (TPSA) is 73.5 Å². The number of benzene rings is 3. The molecule has 0 aliphatic heterocycles. The van der Waals surface area contributed by atoms with Crippen LogP contribution in [0.15, 0.2) is 102 Å². The van der Waals surface area contributed by atoms with Crippen LogP contribution in [0.25, 0.3) is 67.8 Å². The van der Waals surface area contributed by atoms with Gasteiger partial charge >= 0.3 is 0 Å². The lowest BCUT2D eigenvalue weighted by Gasteiger charge is -2.07. The quantitative estimate of drug-likeness (QED) is 0.260. The molecule has 0 radical (unpaired) electrons. The molecule has 7 nitrogen and oxygen atoms in total. The zero-order valence-electron chi connectivity index (χ0n) is 21.8. The number of fused-ring (bicyclic) bond motifs is 3. The molecule has 3 aromatic carbocycles. The van der Waals surface area contributed by atoms with E-state index >= 15 is 0 Å². The summed E-state index contributed by atoms with van der Waals surface area (Å²) in [6, 6.07) is 28.1. The smallest absolute Gasteiger partial charge is 0.292 e. The Labute approximate surface area is 225 Å². The fourth-order valence-corrected chi connectivity index (χ4v) is 5.09. The molecule has 0 unspecified atom stereocenters. The highest BCUT2D eigenvalue weighted by atomic mass is 16.3. The molecular weight excluding hydrogens is 484 g/mol. The summed E-state index contributed by atoms with van der Waals surface area (Å²) in [5, 5.41) is 1.98. The van der Waals surface area contributed by atoms with Crippen molar-refractivity contribution in [2.75, 3.05) is 0 Å². The Morgan fingerprint density at radius 1 is 0.692 bits per heavy atom. The Bertz CT molecular complexity index is 1910. The predicted molar refractivity (Wildman–Crippen MR) is 152 cm³/mol. The SMILES string of the molecule is Cc1ccc2c(oc3nc(-c4nc(-c5ccccc5)nc(-c5ccccc5)n4)ccc32)c1-c1n(C)cc[n+]1C. The van der Waals surface area contributed by atoms with Crippen molar-refractivity contribution in [3.05, 3.63) is 103 Å². The highest BCUT2D eigenvalue weighted by Crippen LogP contribution is 2.37. The maximum Gasteiger partial charge on any atom is 0.292 e. The van der Waals surface area contributed by atoms with E-state index in [0.29, 0.717) is 28.9 Å². The van der Waals surface area contributed by atoms with Crippen molar-refractivity contribution in [3.8, 4) is 45.7 Å². The molecule has 0 N–H and O–H groups in total. The molecule has 0 fully saturated rings. The van der Waals surface area contributed by atoms with Crippen LogP contribution in [0.1, 0.15) is 5.56 Å². The molecule has 0 spiro atoms. The van der Waals surface area contributed by atoms with E-state index in [1.165, 1.54) is 0 Å². The van der Waals surface area contributed by atoms with Crippen LogP contribution >= 0.6 is 0 Å². The lowest BCUT2D eigenvalue weighted by Crippen LogP contribution is -2.29. The molecule has 0 amide bonds. The number of hydrogen-bond acceptors (Lipinski definition) is 5. The molecule has 4 heterocycles. The van der Waals surface area contributed by atoms with Gasteiger partial charge in [0.15, 0.2) is 23.1 Å². The highest BCUT2D eigenvalue weighted by molar-refractivity contribution is 6.08. The number of furan rings is 1. The minimum Gasteiger partial charge on any atom is -0.437 e. The van der Waals surface area contributed by atoms with Gasteiger partial charge in [-0.25, -0.2) is 29.1 Å². The lowest BCUT2D eigenvalue weighted by atomic mass is 10.0. The molecule has 0 bridgehead atoms. The number of imidazole rings is 1. The third-order valence-electron chi connectivity index (χ3n) is 7.05. The second kappa shape index (κ2) is 8.99. The van der Waals surface area contributed by atoms with Gasteiger partial charge in [-0.1, -0.05) is 72.8 Å². The minimum atomic E-state index is 0.496. The molecular formula is C32H25N6O+. The van der Waals surface area contributed by atoms with Gasteiger partial charge in [0.1, 0.15) is 23.7 Å². The Morgan fingerprint density at radius 3 is 1.92 bits per heavy atom. The van der Waals surface area contributed by atoms with Gasteiger partial charge in [-0.3, -0.25) is 0 Å². The van der Waals surface area contributed by atoms with E-state index in [-0.39, 0.29) is 0 Å². The van der Waals surface area contributed by atoms with E-state index in [9.17, 15) is 0 Å². The van der Waals surface area contributed by atoms with Crippen molar-refractivity contribution >= 4 is 22.1 Å². The average Bonchev–Trinajstić information content (AvgIpc) is 3.52. The maximum atomic E-state index is 6.48. The molecule has 0 aliphatic carbocycles. The largest absolute Gasteiger partial charge is 0.437 e. The third-order valence-corrected chi connectivity index (χ3v) is 7.05. The van der Waals surface area contributed by atoms with Crippen LogP contribution in [0.2, 0.25) is 0 Å². The number of aromatic nitrogens is 6. The van der Waals surface area contributed by atoms with E-state index in [2.05, 4.69) is 28.2 Å². The highest BCUT2D eigenvalue weighted by Gasteiger charge is 2.24. The van der Waals surface area contributed by atoms with Crippen molar-refractivity contribution in [3.63, 3.8) is 0 Å². The van der Waals surface area contributed by atoms with Crippen molar-refractivity contribution in [1.29, 1.82) is 0 Å². The molecule has 39 heavy (non-hydrogen) atoms. The number of nitrogens with zero attached hydrogens (tertiary/aromatic N) is 6. The van der Waals surface area contributed by atoms with Crippen LogP contribution in [0.3, 0.4) is 0 Å². The Morgan fingerprint density at radius 2 is 1.31 bits per heavy atom. The molecule has 0 atom stereocenters. The van der Waals surface area contributed by atoms with Gasteiger partial charge in [0, 0.05) is 21.9 Å². The van der Waals surface area contributed by atoms with Crippen LogP contribution in [0, 0.1) is 6.92 Å². The van der Waals surface area contributed by atoms with Gasteiger partial charge in [-0.05, 0) is 24.6 Å². The predicted octanol–water partition coefficient (Wildman–Crippen LogP) is 6.31. The standard InChI is InChI=1S/C32H25N6O/c1-20-14-15-23-24-16-17-25(33-31(24)39-27(23)26(20)32-37(2)18-19-38(32)3)30-35-28(21-10-6-4-7-11-21)34-29(36-30)22-12-8-5-9-13-22/h4-19H,1-3H3/q+1. The van der Waals surface area contributed by atoms with Crippen molar-refractivity contribution in [2.24, 2.45) is 14.1 Å². The Balaban J connectivity index is 1.43. The first-order valence-electron chi connectivity index (χ1n) is 12.8. The van der Waals surface area contributed by atoms with Crippen LogP contribution in [0.5, 0.6) is 0 Å². The van der Waals surface area contributed by atoms with Gasteiger partial charge in [-0.15, -0.1) is 0 Å². The first-order chi connectivity index (χ1) is 19.1. The van der Waals surface area contributed by atoms with E-state index in [1.54, 1.807) is 0 Å². The first kappa shape index (κ1) is 23.0. The van der Waals surface area contributed by atoms with Crippen LogP contribution < -0.4 is 4.57 Å². The van der Waals surface area contributed by atoms with Crippen molar-refractivity contribution < 1.29 is 8.98 Å². The summed E-state index contributed by atoms with van der Waals surface area (Å²) >= 11 is 0. The molecule has 4 aromatic heterocycles. The van der Waals surface area contributed by atoms with E-state index < -0.39 is 0 Å². The molecule has 0 aliphatic rings. The zero-order valence-corrected chi connectivity index (χ0v) is 21.8. The van der Waals surface area contributed by atoms with Crippen molar-refractivity contribution in [1.82, 2.24) is 24.5 Å². The third kappa shape index (κ3) is 3.87. The second-order valence-electron chi connectivity index (χ2n) is 9.67. The van der Waals surface area contributed by atoms with Gasteiger partial charge in [0.2, 0.25) is 5.71 Å².